The minimum atomic E-state index is -3.97. The van der Waals surface area contributed by atoms with Crippen LogP contribution in [0.25, 0.3) is 0 Å². The predicted octanol–water partition coefficient (Wildman–Crippen LogP) is 3.69. The van der Waals surface area contributed by atoms with Crippen molar-refractivity contribution >= 4 is 33.3 Å². The van der Waals surface area contributed by atoms with Crippen LogP contribution in [-0.2, 0) is 19.6 Å². The highest BCUT2D eigenvalue weighted by Gasteiger charge is 2.38. The van der Waals surface area contributed by atoms with Crippen LogP contribution in [0.3, 0.4) is 0 Å². The average molecular weight is 481 g/mol. The second kappa shape index (κ2) is 9.18. The fourth-order valence-corrected chi connectivity index (χ4v) is 5.13. The zero-order chi connectivity index (χ0) is 24.5. The SMILES string of the molecule is COC(=O)c1ccccc1NC(=O)[C@H]1CN(S(=O)(=O)c2ccc(C)cc2)c2ccc(C)cc2O1. The molecule has 1 heterocycles. The van der Waals surface area contributed by atoms with E-state index in [2.05, 4.69) is 5.32 Å². The summed E-state index contributed by atoms with van der Waals surface area (Å²) in [4.78, 5) is 25.3. The van der Waals surface area contributed by atoms with Crippen LogP contribution < -0.4 is 14.4 Å². The van der Waals surface area contributed by atoms with Crippen molar-refractivity contribution < 1.29 is 27.5 Å². The Balaban J connectivity index is 1.69. The van der Waals surface area contributed by atoms with Gasteiger partial charge in [-0.25, -0.2) is 13.2 Å². The van der Waals surface area contributed by atoms with E-state index in [1.54, 1.807) is 48.5 Å². The molecule has 0 saturated heterocycles. The van der Waals surface area contributed by atoms with Crippen LogP contribution >= 0.6 is 0 Å². The number of amides is 1. The number of fused-ring (bicyclic) bond motifs is 1. The molecule has 1 aliphatic heterocycles. The van der Waals surface area contributed by atoms with Crippen LogP contribution in [0.2, 0.25) is 0 Å². The Labute approximate surface area is 198 Å². The number of carbonyl (C=O) groups is 2. The molecule has 9 heteroatoms. The quantitative estimate of drug-likeness (QED) is 0.559. The van der Waals surface area contributed by atoms with Crippen molar-refractivity contribution in [2.24, 2.45) is 0 Å². The van der Waals surface area contributed by atoms with Crippen molar-refractivity contribution in [2.45, 2.75) is 24.8 Å². The van der Waals surface area contributed by atoms with Gasteiger partial charge >= 0.3 is 5.97 Å². The minimum absolute atomic E-state index is 0.113. The van der Waals surface area contributed by atoms with Gasteiger partial charge in [0.15, 0.2) is 6.10 Å². The smallest absolute Gasteiger partial charge is 0.339 e. The summed E-state index contributed by atoms with van der Waals surface area (Å²) in [5, 5.41) is 2.67. The van der Waals surface area contributed by atoms with Gasteiger partial charge in [-0.05, 0) is 55.8 Å². The highest BCUT2D eigenvalue weighted by atomic mass is 32.2. The van der Waals surface area contributed by atoms with Crippen LogP contribution in [-0.4, -0.2) is 40.1 Å². The van der Waals surface area contributed by atoms with E-state index in [-0.39, 0.29) is 28.4 Å². The van der Waals surface area contributed by atoms with Crippen LogP contribution in [0.15, 0.2) is 71.6 Å². The molecule has 0 spiro atoms. The van der Waals surface area contributed by atoms with Crippen molar-refractivity contribution in [1.29, 1.82) is 0 Å². The van der Waals surface area contributed by atoms with E-state index < -0.39 is 28.0 Å². The van der Waals surface area contributed by atoms with Gasteiger partial charge in [0.2, 0.25) is 0 Å². The van der Waals surface area contributed by atoms with Crippen molar-refractivity contribution in [3.8, 4) is 5.75 Å². The molecule has 34 heavy (non-hydrogen) atoms. The van der Waals surface area contributed by atoms with E-state index >= 15 is 0 Å². The number of hydrogen-bond acceptors (Lipinski definition) is 6. The highest BCUT2D eigenvalue weighted by molar-refractivity contribution is 7.92. The number of anilines is 2. The van der Waals surface area contributed by atoms with Crippen molar-refractivity contribution in [3.63, 3.8) is 0 Å². The van der Waals surface area contributed by atoms with Gasteiger partial charge in [-0.2, -0.15) is 0 Å². The topological polar surface area (TPSA) is 102 Å². The largest absolute Gasteiger partial charge is 0.476 e. The third-order valence-electron chi connectivity index (χ3n) is 5.48. The lowest BCUT2D eigenvalue weighted by molar-refractivity contribution is -0.122. The number of nitrogens with zero attached hydrogens (tertiary/aromatic N) is 1. The Morgan fingerprint density at radius 2 is 1.68 bits per heavy atom. The first-order valence-corrected chi connectivity index (χ1v) is 12.0. The number of hydrogen-bond donors (Lipinski definition) is 1. The number of sulfonamides is 1. The predicted molar refractivity (Wildman–Crippen MR) is 128 cm³/mol. The van der Waals surface area contributed by atoms with Crippen molar-refractivity contribution in [2.75, 3.05) is 23.3 Å². The van der Waals surface area contributed by atoms with Crippen LogP contribution in [0.1, 0.15) is 21.5 Å². The van der Waals surface area contributed by atoms with E-state index in [4.69, 9.17) is 9.47 Å². The summed E-state index contributed by atoms with van der Waals surface area (Å²) in [6.45, 7) is 3.48. The minimum Gasteiger partial charge on any atom is -0.476 e. The number of benzene rings is 3. The number of methoxy groups -OCH3 is 1. The third kappa shape index (κ3) is 4.47. The molecule has 0 bridgehead atoms. The van der Waals surface area contributed by atoms with E-state index in [0.717, 1.165) is 11.1 Å². The summed E-state index contributed by atoms with van der Waals surface area (Å²) in [5.41, 5.74) is 2.55. The number of para-hydroxylation sites is 1. The first-order valence-electron chi connectivity index (χ1n) is 10.6. The van der Waals surface area contributed by atoms with Crippen LogP contribution in [0.4, 0.5) is 11.4 Å². The second-order valence-electron chi connectivity index (χ2n) is 7.95. The number of ether oxygens (including phenoxy) is 2. The van der Waals surface area contributed by atoms with E-state index in [1.807, 2.05) is 13.8 Å². The first kappa shape index (κ1) is 23.3. The van der Waals surface area contributed by atoms with E-state index in [0.29, 0.717) is 5.69 Å². The Bertz CT molecular complexity index is 1350. The molecule has 0 aliphatic carbocycles. The lowest BCUT2D eigenvalue weighted by Gasteiger charge is -2.35. The number of aryl methyl sites for hydroxylation is 2. The van der Waals surface area contributed by atoms with Gasteiger partial charge in [-0.1, -0.05) is 35.9 Å². The van der Waals surface area contributed by atoms with Gasteiger partial charge in [0.05, 0.1) is 35.5 Å². The fourth-order valence-electron chi connectivity index (χ4n) is 3.66. The monoisotopic (exact) mass is 480 g/mol. The number of nitrogens with one attached hydrogen (secondary N) is 1. The van der Waals surface area contributed by atoms with Crippen molar-refractivity contribution in [3.05, 3.63) is 83.4 Å². The maximum Gasteiger partial charge on any atom is 0.339 e. The van der Waals surface area contributed by atoms with Gasteiger partial charge < -0.3 is 14.8 Å². The molecule has 0 unspecified atom stereocenters. The molecular formula is C25H24N2O6S. The molecule has 1 amide bonds. The van der Waals surface area contributed by atoms with Gasteiger partial charge in [0.25, 0.3) is 15.9 Å². The molecule has 176 valence electrons. The molecule has 0 aromatic heterocycles. The molecule has 0 saturated carbocycles. The molecular weight excluding hydrogens is 456 g/mol. The fraction of sp³-hybridized carbons (Fsp3) is 0.200. The van der Waals surface area contributed by atoms with Crippen LogP contribution in [0.5, 0.6) is 5.75 Å². The Kier molecular flexibility index (Phi) is 6.30. The standard InChI is InChI=1S/C25H24N2O6S/c1-16-8-11-18(12-9-16)34(30,31)27-15-23(33-22-14-17(2)10-13-21(22)27)24(28)26-20-7-5-4-6-19(20)25(29)32-3/h4-14,23H,15H2,1-3H3,(H,26,28)/t23-/m1/s1. The normalized spacial score (nSPS) is 15.1. The van der Waals surface area contributed by atoms with Crippen LogP contribution in [0, 0.1) is 13.8 Å². The van der Waals surface area contributed by atoms with E-state index in [9.17, 15) is 18.0 Å². The van der Waals surface area contributed by atoms with Crippen molar-refractivity contribution in [1.82, 2.24) is 0 Å². The summed E-state index contributed by atoms with van der Waals surface area (Å²) >= 11 is 0. The zero-order valence-electron chi connectivity index (χ0n) is 18.9. The lowest BCUT2D eigenvalue weighted by atomic mass is 10.1. The van der Waals surface area contributed by atoms with Gasteiger partial charge in [0.1, 0.15) is 5.75 Å². The van der Waals surface area contributed by atoms with Gasteiger partial charge in [-0.3, -0.25) is 9.10 Å². The molecule has 8 nitrogen and oxygen atoms in total. The Morgan fingerprint density at radius 3 is 2.38 bits per heavy atom. The molecule has 4 rings (SSSR count). The summed E-state index contributed by atoms with van der Waals surface area (Å²) in [6, 6.07) is 18.0. The second-order valence-corrected chi connectivity index (χ2v) is 9.82. The third-order valence-corrected chi connectivity index (χ3v) is 7.27. The lowest BCUT2D eigenvalue weighted by Crippen LogP contribution is -2.49. The molecule has 1 aliphatic rings. The molecule has 1 atom stereocenters. The Morgan fingerprint density at radius 1 is 1.00 bits per heavy atom. The zero-order valence-corrected chi connectivity index (χ0v) is 19.8. The first-order chi connectivity index (χ1) is 16.2. The maximum absolute atomic E-state index is 13.5. The molecule has 0 fully saturated rings. The molecule has 3 aromatic carbocycles. The summed E-state index contributed by atoms with van der Waals surface area (Å²) in [5.74, 6) is -0.916. The van der Waals surface area contributed by atoms with Gasteiger partial charge in [-0.15, -0.1) is 0 Å². The maximum atomic E-state index is 13.5. The average Bonchev–Trinajstić information content (AvgIpc) is 2.83. The highest BCUT2D eigenvalue weighted by Crippen LogP contribution is 2.38. The number of carbonyl (C=O) groups excluding carboxylic acids is 2. The molecule has 1 N–H and O–H groups in total. The molecule has 3 aromatic rings. The van der Waals surface area contributed by atoms with Gasteiger partial charge in [0, 0.05) is 0 Å². The Hall–Kier alpha value is -3.85. The summed E-state index contributed by atoms with van der Waals surface area (Å²) < 4.78 is 38.9. The van der Waals surface area contributed by atoms with E-state index in [1.165, 1.54) is 29.6 Å². The molecule has 0 radical (unpaired) electrons. The summed E-state index contributed by atoms with van der Waals surface area (Å²) in [7, 11) is -2.72. The number of rotatable bonds is 5. The summed E-state index contributed by atoms with van der Waals surface area (Å²) in [6.07, 6.45) is -1.15. The number of esters is 1.